The van der Waals surface area contributed by atoms with Gasteiger partial charge in [-0.25, -0.2) is 9.97 Å². The minimum Gasteiger partial charge on any atom is -0.495 e. The molecule has 0 aromatic carbocycles. The molecule has 1 N–H and O–H groups in total. The third-order valence-corrected chi connectivity index (χ3v) is 2.31. The highest BCUT2D eigenvalue weighted by Crippen LogP contribution is 2.24. The second-order valence-corrected chi connectivity index (χ2v) is 3.53. The Balaban J connectivity index is 2.19. The van der Waals surface area contributed by atoms with Crippen molar-refractivity contribution in [2.24, 2.45) is 0 Å². The maximum absolute atomic E-state index is 9.99. The highest BCUT2D eigenvalue weighted by molar-refractivity contribution is 5.16. The molecule has 0 amide bonds. The number of rotatable bonds is 2. The van der Waals surface area contributed by atoms with E-state index in [1.165, 1.54) is 0 Å². The first kappa shape index (κ1) is 10.1. The van der Waals surface area contributed by atoms with Crippen LogP contribution in [0.5, 0.6) is 0 Å². The van der Waals surface area contributed by atoms with Crippen molar-refractivity contribution in [3.63, 3.8) is 0 Å². The normalized spacial score (nSPS) is 17.9. The Kier molecular flexibility index (Phi) is 2.97. The summed E-state index contributed by atoms with van der Waals surface area (Å²) in [7, 11) is 0. The molecule has 1 unspecified atom stereocenters. The summed E-state index contributed by atoms with van der Waals surface area (Å²) >= 11 is 0. The smallest absolute Gasteiger partial charge is 0.153 e. The largest absolute Gasteiger partial charge is 0.495 e. The van der Waals surface area contributed by atoms with Crippen molar-refractivity contribution < 1.29 is 9.84 Å². The Morgan fingerprint density at radius 2 is 2.40 bits per heavy atom. The van der Waals surface area contributed by atoms with E-state index in [0.717, 1.165) is 12.8 Å². The summed E-state index contributed by atoms with van der Waals surface area (Å²) in [5, 5.41) is 9.99. The minimum atomic E-state index is -0.757. The van der Waals surface area contributed by atoms with Crippen molar-refractivity contribution >= 4 is 0 Å². The molecule has 0 saturated carbocycles. The van der Waals surface area contributed by atoms with Crippen molar-refractivity contribution in [1.29, 1.82) is 0 Å². The number of aromatic nitrogens is 2. The number of aliphatic hydroxyl groups excluding tert-OH is 1. The van der Waals surface area contributed by atoms with Gasteiger partial charge in [-0.15, -0.1) is 0 Å². The fourth-order valence-electron chi connectivity index (χ4n) is 1.54. The zero-order valence-electron chi connectivity index (χ0n) is 8.68. The topological polar surface area (TPSA) is 55.2 Å². The van der Waals surface area contributed by atoms with Crippen molar-refractivity contribution in [2.45, 2.75) is 25.9 Å². The third-order valence-electron chi connectivity index (χ3n) is 2.31. The van der Waals surface area contributed by atoms with Crippen LogP contribution in [0.2, 0.25) is 0 Å². The van der Waals surface area contributed by atoms with E-state index in [0.29, 0.717) is 23.9 Å². The number of hydrogen-bond acceptors (Lipinski definition) is 4. The third kappa shape index (κ3) is 2.33. The van der Waals surface area contributed by atoms with Crippen LogP contribution in [0.1, 0.15) is 30.5 Å². The Morgan fingerprint density at radius 3 is 3.07 bits per heavy atom. The molecule has 0 spiro atoms. The Morgan fingerprint density at radius 1 is 1.53 bits per heavy atom. The molecule has 4 nitrogen and oxygen atoms in total. The molecule has 15 heavy (non-hydrogen) atoms. The van der Waals surface area contributed by atoms with Crippen LogP contribution in [-0.2, 0) is 4.74 Å². The summed E-state index contributed by atoms with van der Waals surface area (Å²) in [4.78, 5) is 8.15. The molecule has 0 bridgehead atoms. The summed E-state index contributed by atoms with van der Waals surface area (Å²) in [6.07, 6.45) is 4.78. The van der Waals surface area contributed by atoms with Crippen molar-refractivity contribution in [1.82, 2.24) is 9.97 Å². The molecular formula is C11H14N2O2. The van der Waals surface area contributed by atoms with E-state index in [2.05, 4.69) is 9.97 Å². The number of hydrogen-bond donors (Lipinski definition) is 1. The van der Waals surface area contributed by atoms with Crippen LogP contribution in [0.4, 0.5) is 0 Å². The van der Waals surface area contributed by atoms with Gasteiger partial charge < -0.3 is 9.84 Å². The SMILES string of the molecule is Cc1nccc(C(O)C2=CCCCO2)n1. The first-order chi connectivity index (χ1) is 7.27. The predicted octanol–water partition coefficient (Wildman–Crippen LogP) is 1.51. The first-order valence-corrected chi connectivity index (χ1v) is 5.08. The second-order valence-electron chi connectivity index (χ2n) is 3.53. The average Bonchev–Trinajstić information content (AvgIpc) is 2.29. The lowest BCUT2D eigenvalue weighted by atomic mass is 10.1. The molecule has 1 atom stereocenters. The van der Waals surface area contributed by atoms with E-state index in [9.17, 15) is 5.11 Å². The summed E-state index contributed by atoms with van der Waals surface area (Å²) in [5.74, 6) is 1.27. The van der Waals surface area contributed by atoms with Crippen molar-refractivity contribution in [3.8, 4) is 0 Å². The Labute approximate surface area is 88.6 Å². The number of nitrogens with zero attached hydrogens (tertiary/aromatic N) is 2. The van der Waals surface area contributed by atoms with Crippen LogP contribution in [0, 0.1) is 6.92 Å². The van der Waals surface area contributed by atoms with E-state index in [-0.39, 0.29) is 0 Å². The van der Waals surface area contributed by atoms with Gasteiger partial charge in [0.15, 0.2) is 6.10 Å². The second kappa shape index (κ2) is 4.40. The molecule has 0 saturated heterocycles. The molecule has 80 valence electrons. The van der Waals surface area contributed by atoms with Gasteiger partial charge in [0.25, 0.3) is 0 Å². The van der Waals surface area contributed by atoms with Crippen LogP contribution in [0.3, 0.4) is 0 Å². The van der Waals surface area contributed by atoms with E-state index in [1.54, 1.807) is 19.2 Å². The van der Waals surface area contributed by atoms with Gasteiger partial charge in [0.1, 0.15) is 11.6 Å². The molecule has 1 aromatic heterocycles. The monoisotopic (exact) mass is 206 g/mol. The van der Waals surface area contributed by atoms with Crippen LogP contribution < -0.4 is 0 Å². The Bertz CT molecular complexity index is 377. The maximum Gasteiger partial charge on any atom is 0.153 e. The van der Waals surface area contributed by atoms with E-state index in [1.807, 2.05) is 6.08 Å². The number of aliphatic hydroxyl groups is 1. The van der Waals surface area contributed by atoms with Gasteiger partial charge in [-0.1, -0.05) is 0 Å². The van der Waals surface area contributed by atoms with Crippen LogP contribution in [0.25, 0.3) is 0 Å². The highest BCUT2D eigenvalue weighted by Gasteiger charge is 2.18. The number of aryl methyl sites for hydroxylation is 1. The lowest BCUT2D eigenvalue weighted by Crippen LogP contribution is -2.11. The molecule has 2 rings (SSSR count). The zero-order chi connectivity index (χ0) is 10.7. The van der Waals surface area contributed by atoms with E-state index < -0.39 is 6.10 Å². The van der Waals surface area contributed by atoms with Crippen LogP contribution in [0.15, 0.2) is 24.1 Å². The van der Waals surface area contributed by atoms with Gasteiger partial charge >= 0.3 is 0 Å². The molecule has 2 heterocycles. The molecule has 0 fully saturated rings. The summed E-state index contributed by atoms with van der Waals surface area (Å²) < 4.78 is 5.38. The lowest BCUT2D eigenvalue weighted by Gasteiger charge is -2.19. The van der Waals surface area contributed by atoms with E-state index >= 15 is 0 Å². The van der Waals surface area contributed by atoms with Crippen LogP contribution in [-0.4, -0.2) is 21.7 Å². The molecule has 4 heteroatoms. The van der Waals surface area contributed by atoms with Gasteiger partial charge in [-0.05, 0) is 31.9 Å². The van der Waals surface area contributed by atoms with E-state index in [4.69, 9.17) is 4.74 Å². The molecule has 1 aliphatic rings. The zero-order valence-corrected chi connectivity index (χ0v) is 8.68. The maximum atomic E-state index is 9.99. The highest BCUT2D eigenvalue weighted by atomic mass is 16.5. The standard InChI is InChI=1S/C11H14N2O2/c1-8-12-6-5-9(13-8)11(14)10-4-2-3-7-15-10/h4-6,11,14H,2-3,7H2,1H3. The predicted molar refractivity (Wildman–Crippen MR) is 55.0 cm³/mol. The minimum absolute atomic E-state index is 0.593. The van der Waals surface area contributed by atoms with Gasteiger partial charge in [0.05, 0.1) is 12.3 Å². The molecular weight excluding hydrogens is 192 g/mol. The average molecular weight is 206 g/mol. The number of allylic oxidation sites excluding steroid dienone is 1. The molecule has 0 radical (unpaired) electrons. The Hall–Kier alpha value is -1.42. The first-order valence-electron chi connectivity index (χ1n) is 5.08. The molecule has 1 aliphatic heterocycles. The summed E-state index contributed by atoms with van der Waals surface area (Å²) in [5.41, 5.74) is 0.593. The van der Waals surface area contributed by atoms with Gasteiger partial charge in [0, 0.05) is 6.20 Å². The summed E-state index contributed by atoms with van der Waals surface area (Å²) in [6, 6.07) is 1.70. The molecule has 0 aliphatic carbocycles. The van der Waals surface area contributed by atoms with Crippen LogP contribution >= 0.6 is 0 Å². The fraction of sp³-hybridized carbons (Fsp3) is 0.455. The fourth-order valence-corrected chi connectivity index (χ4v) is 1.54. The van der Waals surface area contributed by atoms with Gasteiger partial charge in [-0.2, -0.15) is 0 Å². The van der Waals surface area contributed by atoms with Crippen molar-refractivity contribution in [3.05, 3.63) is 35.6 Å². The summed E-state index contributed by atoms with van der Waals surface area (Å²) in [6.45, 7) is 2.47. The van der Waals surface area contributed by atoms with Crippen molar-refractivity contribution in [2.75, 3.05) is 6.61 Å². The lowest BCUT2D eigenvalue weighted by molar-refractivity contribution is 0.0893. The quantitative estimate of drug-likeness (QED) is 0.797. The van der Waals surface area contributed by atoms with Gasteiger partial charge in [0.2, 0.25) is 0 Å². The molecule has 1 aromatic rings. The number of ether oxygens (including phenoxy) is 1. The van der Waals surface area contributed by atoms with Gasteiger partial charge in [-0.3, -0.25) is 0 Å².